The van der Waals surface area contributed by atoms with Gasteiger partial charge in [0.2, 0.25) is 0 Å². The van der Waals surface area contributed by atoms with Crippen LogP contribution in [0.25, 0.3) is 22.3 Å². The largest absolute Gasteiger partial charge is 0.458 e. The summed E-state index contributed by atoms with van der Waals surface area (Å²) in [6, 6.07) is 19.3. The van der Waals surface area contributed by atoms with E-state index in [1.807, 2.05) is 54.6 Å². The van der Waals surface area contributed by atoms with Crippen molar-refractivity contribution in [1.29, 1.82) is 0 Å². The van der Waals surface area contributed by atoms with Crippen LogP contribution < -0.4 is 5.56 Å². The third kappa shape index (κ3) is 3.49. The number of fused-ring (bicyclic) bond motifs is 5. The van der Waals surface area contributed by atoms with Crippen molar-refractivity contribution in [2.75, 3.05) is 0 Å². The van der Waals surface area contributed by atoms with E-state index < -0.39 is 11.6 Å². The van der Waals surface area contributed by atoms with E-state index in [1.54, 1.807) is 23.8 Å². The summed E-state index contributed by atoms with van der Waals surface area (Å²) in [5.41, 5.74) is 3.35. The van der Waals surface area contributed by atoms with Gasteiger partial charge in [-0.05, 0) is 41.8 Å². The lowest BCUT2D eigenvalue weighted by Gasteiger charge is -2.31. The van der Waals surface area contributed by atoms with Crippen molar-refractivity contribution in [1.82, 2.24) is 9.55 Å². The SMILES string of the molecule is CC[C@@]1(O)C(=O)OCc2c1cc1n(c2=O)Cc2cc3cc(C=NOCc4ccccc4)ccc3nc2-1. The van der Waals surface area contributed by atoms with E-state index in [0.29, 0.717) is 35.7 Å². The quantitative estimate of drug-likeness (QED) is 0.234. The molecule has 0 radical (unpaired) electrons. The van der Waals surface area contributed by atoms with Gasteiger partial charge in [-0.2, -0.15) is 0 Å². The van der Waals surface area contributed by atoms with E-state index in [9.17, 15) is 14.7 Å². The highest BCUT2D eigenvalue weighted by molar-refractivity contribution is 5.91. The highest BCUT2D eigenvalue weighted by atomic mass is 16.6. The Labute approximate surface area is 206 Å². The second-order valence-electron chi connectivity index (χ2n) is 9.04. The van der Waals surface area contributed by atoms with Crippen LogP contribution in [0.15, 0.2) is 70.6 Å². The lowest BCUT2D eigenvalue weighted by Crippen LogP contribution is -2.44. The third-order valence-electron chi connectivity index (χ3n) is 6.88. The molecule has 2 aromatic carbocycles. The van der Waals surface area contributed by atoms with Gasteiger partial charge in [0, 0.05) is 16.5 Å². The lowest BCUT2D eigenvalue weighted by atomic mass is 9.86. The second kappa shape index (κ2) is 8.42. The Morgan fingerprint density at radius 1 is 1.17 bits per heavy atom. The molecular weight excluding hydrogens is 458 g/mol. The summed E-state index contributed by atoms with van der Waals surface area (Å²) in [6.45, 7) is 2.29. The summed E-state index contributed by atoms with van der Waals surface area (Å²) in [5.74, 6) is -0.728. The molecule has 8 nitrogen and oxygen atoms in total. The van der Waals surface area contributed by atoms with Crippen molar-refractivity contribution < 1.29 is 19.5 Å². The van der Waals surface area contributed by atoms with Crippen molar-refractivity contribution in [3.05, 3.63) is 98.8 Å². The van der Waals surface area contributed by atoms with Gasteiger partial charge in [0.25, 0.3) is 5.56 Å². The van der Waals surface area contributed by atoms with Gasteiger partial charge in [0.15, 0.2) is 5.60 Å². The van der Waals surface area contributed by atoms with Crippen LogP contribution in [-0.2, 0) is 39.7 Å². The maximum absolute atomic E-state index is 13.3. The number of ether oxygens (including phenoxy) is 1. The van der Waals surface area contributed by atoms with Crippen LogP contribution in [-0.4, -0.2) is 26.8 Å². The third-order valence-corrected chi connectivity index (χ3v) is 6.88. The first-order chi connectivity index (χ1) is 17.5. The molecule has 0 unspecified atom stereocenters. The molecule has 1 N–H and O–H groups in total. The summed E-state index contributed by atoms with van der Waals surface area (Å²) in [6.07, 6.45) is 1.77. The average molecular weight is 482 g/mol. The molecule has 1 atom stereocenters. The van der Waals surface area contributed by atoms with Crippen molar-refractivity contribution in [3.8, 4) is 11.4 Å². The van der Waals surface area contributed by atoms with E-state index in [-0.39, 0.29) is 18.6 Å². The Morgan fingerprint density at radius 2 is 2.00 bits per heavy atom. The van der Waals surface area contributed by atoms with Crippen molar-refractivity contribution in [2.24, 2.45) is 5.16 Å². The molecule has 2 aliphatic heterocycles. The van der Waals surface area contributed by atoms with Gasteiger partial charge in [-0.25, -0.2) is 9.78 Å². The fourth-order valence-corrected chi connectivity index (χ4v) is 4.87. The average Bonchev–Trinajstić information content (AvgIpc) is 3.26. The molecule has 2 aliphatic rings. The topological polar surface area (TPSA) is 103 Å². The number of carbonyl (C=O) groups excluding carboxylic acids is 1. The van der Waals surface area contributed by atoms with Crippen LogP contribution in [0, 0.1) is 0 Å². The van der Waals surface area contributed by atoms with Crippen LogP contribution in [0.3, 0.4) is 0 Å². The Hall–Kier alpha value is -4.30. The Kier molecular flexibility index (Phi) is 5.19. The number of aliphatic hydroxyl groups is 1. The number of hydrogen-bond acceptors (Lipinski definition) is 7. The highest BCUT2D eigenvalue weighted by Gasteiger charge is 2.45. The van der Waals surface area contributed by atoms with Crippen LogP contribution in [0.1, 0.15) is 41.2 Å². The molecule has 0 saturated heterocycles. The fraction of sp³-hybridized carbons (Fsp3) is 0.214. The number of hydrogen-bond donors (Lipinski definition) is 1. The number of rotatable bonds is 5. The molecule has 36 heavy (non-hydrogen) atoms. The molecule has 8 heteroatoms. The number of cyclic esters (lactones) is 1. The number of benzene rings is 2. The molecule has 0 bridgehead atoms. The summed E-state index contributed by atoms with van der Waals surface area (Å²) in [7, 11) is 0. The fourth-order valence-electron chi connectivity index (χ4n) is 4.87. The first-order valence-corrected chi connectivity index (χ1v) is 11.8. The van der Waals surface area contributed by atoms with Gasteiger partial charge in [0.1, 0.15) is 13.2 Å². The molecule has 4 heterocycles. The van der Waals surface area contributed by atoms with Crippen LogP contribution in [0.2, 0.25) is 0 Å². The van der Waals surface area contributed by atoms with E-state index in [2.05, 4.69) is 5.16 Å². The zero-order chi connectivity index (χ0) is 24.9. The number of aromatic nitrogens is 2. The lowest BCUT2D eigenvalue weighted by molar-refractivity contribution is -0.172. The minimum absolute atomic E-state index is 0.110. The van der Waals surface area contributed by atoms with Gasteiger partial charge in [-0.3, -0.25) is 4.79 Å². The van der Waals surface area contributed by atoms with Gasteiger partial charge in [0.05, 0.1) is 35.2 Å². The Balaban J connectivity index is 1.33. The van der Waals surface area contributed by atoms with E-state index in [4.69, 9.17) is 14.6 Å². The minimum Gasteiger partial charge on any atom is -0.458 e. The summed E-state index contributed by atoms with van der Waals surface area (Å²) in [5, 5.41) is 16.0. The smallest absolute Gasteiger partial charge is 0.343 e. The zero-order valence-electron chi connectivity index (χ0n) is 19.6. The summed E-state index contributed by atoms with van der Waals surface area (Å²) >= 11 is 0. The minimum atomic E-state index is -1.83. The van der Waals surface area contributed by atoms with Gasteiger partial charge >= 0.3 is 5.97 Å². The van der Waals surface area contributed by atoms with Crippen LogP contribution in [0.5, 0.6) is 0 Å². The number of nitrogens with zero attached hydrogens (tertiary/aromatic N) is 3. The monoisotopic (exact) mass is 481 g/mol. The van der Waals surface area contributed by atoms with Gasteiger partial charge < -0.3 is 19.2 Å². The van der Waals surface area contributed by atoms with Gasteiger partial charge in [-0.1, -0.05) is 48.5 Å². The molecule has 6 rings (SSSR count). The number of pyridine rings is 2. The van der Waals surface area contributed by atoms with Crippen molar-refractivity contribution >= 4 is 23.1 Å². The molecule has 0 spiro atoms. The molecule has 0 aliphatic carbocycles. The first kappa shape index (κ1) is 22.2. The molecule has 0 saturated carbocycles. The summed E-state index contributed by atoms with van der Waals surface area (Å²) < 4.78 is 6.76. The maximum atomic E-state index is 13.3. The summed E-state index contributed by atoms with van der Waals surface area (Å²) in [4.78, 5) is 35.8. The standard InChI is InChI=1S/C28H23N3O5/c1-2-28(34)22-12-24-25-20(14-31(24)26(32)21(22)16-35-27(28)33)11-19-10-18(8-9-23(19)30-25)13-29-36-15-17-6-4-3-5-7-17/h3-13,34H,2,14-16H2,1H3/t28-/m0/s1. The molecule has 4 aromatic rings. The molecular formula is C28H23N3O5. The predicted octanol–water partition coefficient (Wildman–Crippen LogP) is 3.63. The zero-order valence-corrected chi connectivity index (χ0v) is 19.6. The number of esters is 1. The molecule has 2 aromatic heterocycles. The molecule has 0 fully saturated rings. The Bertz CT molecular complexity index is 1610. The maximum Gasteiger partial charge on any atom is 0.343 e. The number of oxime groups is 1. The van der Waals surface area contributed by atoms with Crippen molar-refractivity contribution in [3.63, 3.8) is 0 Å². The second-order valence-corrected chi connectivity index (χ2v) is 9.04. The first-order valence-electron chi connectivity index (χ1n) is 11.8. The van der Waals surface area contributed by atoms with E-state index in [1.165, 1.54) is 0 Å². The Morgan fingerprint density at radius 3 is 2.81 bits per heavy atom. The van der Waals surface area contributed by atoms with Crippen LogP contribution in [0.4, 0.5) is 0 Å². The number of carbonyl (C=O) groups is 1. The van der Waals surface area contributed by atoms with E-state index in [0.717, 1.165) is 27.6 Å². The van der Waals surface area contributed by atoms with E-state index >= 15 is 0 Å². The highest BCUT2D eigenvalue weighted by Crippen LogP contribution is 2.38. The molecule has 180 valence electrons. The predicted molar refractivity (Wildman–Crippen MR) is 133 cm³/mol. The molecule has 0 amide bonds. The van der Waals surface area contributed by atoms with Crippen molar-refractivity contribution in [2.45, 2.75) is 38.7 Å². The normalized spacial score (nSPS) is 18.1. The van der Waals surface area contributed by atoms with Crippen LogP contribution >= 0.6 is 0 Å². The van der Waals surface area contributed by atoms with Gasteiger partial charge in [-0.15, -0.1) is 0 Å².